The van der Waals surface area contributed by atoms with E-state index < -0.39 is 12.1 Å². The van der Waals surface area contributed by atoms with Crippen LogP contribution in [0.5, 0.6) is 0 Å². The van der Waals surface area contributed by atoms with E-state index >= 15 is 0 Å². The van der Waals surface area contributed by atoms with Gasteiger partial charge in [0.15, 0.2) is 0 Å². The molecule has 0 aromatic heterocycles. The summed E-state index contributed by atoms with van der Waals surface area (Å²) in [6.07, 6.45) is -1.84. The van der Waals surface area contributed by atoms with Crippen molar-refractivity contribution < 1.29 is 13.2 Å². The molecule has 104 valence electrons. The average molecular weight is 270 g/mol. The predicted molar refractivity (Wildman–Crippen MR) is 68.2 cm³/mol. The Morgan fingerprint density at radius 1 is 1.26 bits per heavy atom. The van der Waals surface area contributed by atoms with Crippen molar-refractivity contribution in [3.05, 3.63) is 47.8 Å². The van der Waals surface area contributed by atoms with Crippen molar-refractivity contribution >= 4 is 0 Å². The van der Waals surface area contributed by atoms with Crippen LogP contribution >= 0.6 is 0 Å². The molecular formula is C14H17F3N2. The standard InChI is InChI=1S/C14H17F3N2/c15-14(16,17)12(11-4-2-1-3-5-11)7-6-10-8-13(18)19-9-10/h1-5,8,10,12,19H,6-7,9,18H2/t10-,12?/m0/s1. The van der Waals surface area contributed by atoms with E-state index in [1.54, 1.807) is 24.3 Å². The molecular weight excluding hydrogens is 253 g/mol. The van der Waals surface area contributed by atoms with E-state index in [-0.39, 0.29) is 12.3 Å². The van der Waals surface area contributed by atoms with Crippen LogP contribution in [-0.4, -0.2) is 12.7 Å². The Bertz CT molecular complexity index is 440. The molecule has 0 aliphatic carbocycles. The number of halogens is 3. The third-order valence-electron chi connectivity index (χ3n) is 3.41. The number of nitrogens with one attached hydrogen (secondary N) is 1. The number of benzene rings is 1. The molecule has 3 N–H and O–H groups in total. The Morgan fingerprint density at radius 2 is 1.95 bits per heavy atom. The van der Waals surface area contributed by atoms with Crippen molar-refractivity contribution in [1.29, 1.82) is 0 Å². The SMILES string of the molecule is NC1=C[C@H](CCC(c2ccccc2)C(F)(F)F)CN1. The van der Waals surface area contributed by atoms with Gasteiger partial charge < -0.3 is 11.1 Å². The van der Waals surface area contributed by atoms with Crippen molar-refractivity contribution in [3.63, 3.8) is 0 Å². The van der Waals surface area contributed by atoms with Crippen molar-refractivity contribution in [1.82, 2.24) is 5.32 Å². The minimum atomic E-state index is -4.21. The normalized spacial score (nSPS) is 20.8. The topological polar surface area (TPSA) is 38.0 Å². The van der Waals surface area contributed by atoms with Gasteiger partial charge in [-0.05, 0) is 30.4 Å². The molecule has 1 aromatic rings. The number of hydrogen-bond acceptors (Lipinski definition) is 2. The van der Waals surface area contributed by atoms with Gasteiger partial charge in [-0.3, -0.25) is 0 Å². The Hall–Kier alpha value is -1.65. The predicted octanol–water partition coefficient (Wildman–Crippen LogP) is 3.13. The van der Waals surface area contributed by atoms with Crippen LogP contribution in [0.25, 0.3) is 0 Å². The smallest absolute Gasteiger partial charge is 0.386 e. The lowest BCUT2D eigenvalue weighted by Crippen LogP contribution is -2.22. The van der Waals surface area contributed by atoms with Crippen LogP contribution in [0.4, 0.5) is 13.2 Å². The number of alkyl halides is 3. The molecule has 0 fully saturated rings. The molecule has 2 nitrogen and oxygen atoms in total. The Morgan fingerprint density at radius 3 is 2.47 bits per heavy atom. The van der Waals surface area contributed by atoms with Gasteiger partial charge in [-0.2, -0.15) is 13.2 Å². The van der Waals surface area contributed by atoms with Gasteiger partial charge in [0.1, 0.15) is 0 Å². The van der Waals surface area contributed by atoms with Gasteiger partial charge in [0.25, 0.3) is 0 Å². The molecule has 1 aliphatic heterocycles. The molecule has 5 heteroatoms. The molecule has 2 rings (SSSR count). The number of hydrogen-bond donors (Lipinski definition) is 2. The van der Waals surface area contributed by atoms with Gasteiger partial charge in [0.2, 0.25) is 0 Å². The van der Waals surface area contributed by atoms with Gasteiger partial charge >= 0.3 is 6.18 Å². The van der Waals surface area contributed by atoms with Crippen LogP contribution in [0.1, 0.15) is 24.3 Å². The van der Waals surface area contributed by atoms with Crippen LogP contribution in [0.2, 0.25) is 0 Å². The summed E-state index contributed by atoms with van der Waals surface area (Å²) in [5.41, 5.74) is 5.89. The maximum Gasteiger partial charge on any atom is 0.395 e. The highest BCUT2D eigenvalue weighted by Gasteiger charge is 2.40. The maximum absolute atomic E-state index is 13.1. The molecule has 19 heavy (non-hydrogen) atoms. The summed E-state index contributed by atoms with van der Waals surface area (Å²) < 4.78 is 39.3. The molecule has 0 amide bonds. The van der Waals surface area contributed by atoms with Gasteiger partial charge in [0, 0.05) is 6.54 Å². The summed E-state index contributed by atoms with van der Waals surface area (Å²) in [5, 5.41) is 2.93. The minimum Gasteiger partial charge on any atom is -0.386 e. The summed E-state index contributed by atoms with van der Waals surface area (Å²) in [7, 11) is 0. The lowest BCUT2D eigenvalue weighted by atomic mass is 9.90. The lowest BCUT2D eigenvalue weighted by molar-refractivity contribution is -0.152. The zero-order chi connectivity index (χ0) is 13.9. The first-order valence-electron chi connectivity index (χ1n) is 6.29. The monoisotopic (exact) mass is 270 g/mol. The van der Waals surface area contributed by atoms with Crippen LogP contribution in [-0.2, 0) is 0 Å². The van der Waals surface area contributed by atoms with E-state index in [1.807, 2.05) is 0 Å². The zero-order valence-corrected chi connectivity index (χ0v) is 10.5. The van der Waals surface area contributed by atoms with E-state index in [4.69, 9.17) is 5.73 Å². The van der Waals surface area contributed by atoms with Crippen LogP contribution in [0.15, 0.2) is 42.2 Å². The van der Waals surface area contributed by atoms with Crippen molar-refractivity contribution in [2.45, 2.75) is 24.9 Å². The summed E-state index contributed by atoms with van der Waals surface area (Å²) in [6, 6.07) is 8.08. The highest BCUT2D eigenvalue weighted by Crippen LogP contribution is 2.39. The fraction of sp³-hybridized carbons (Fsp3) is 0.429. The van der Waals surface area contributed by atoms with E-state index in [0.29, 0.717) is 24.4 Å². The Balaban J connectivity index is 2.04. The summed E-state index contributed by atoms with van der Waals surface area (Å²) in [5.74, 6) is -0.745. The van der Waals surface area contributed by atoms with E-state index in [0.717, 1.165) is 0 Å². The third kappa shape index (κ3) is 3.66. The van der Waals surface area contributed by atoms with Gasteiger partial charge in [-0.1, -0.05) is 30.3 Å². The first-order valence-corrected chi connectivity index (χ1v) is 6.29. The molecule has 1 aromatic carbocycles. The third-order valence-corrected chi connectivity index (χ3v) is 3.41. The van der Waals surface area contributed by atoms with Crippen LogP contribution < -0.4 is 11.1 Å². The Kier molecular flexibility index (Phi) is 4.02. The minimum absolute atomic E-state index is 0.0869. The second kappa shape index (κ2) is 5.55. The maximum atomic E-state index is 13.1. The highest BCUT2D eigenvalue weighted by molar-refractivity contribution is 5.21. The van der Waals surface area contributed by atoms with Gasteiger partial charge in [0.05, 0.1) is 11.7 Å². The molecule has 1 unspecified atom stereocenters. The summed E-state index contributed by atoms with van der Waals surface area (Å²) in [6.45, 7) is 0.630. The second-order valence-corrected chi connectivity index (χ2v) is 4.85. The first-order chi connectivity index (χ1) is 8.97. The lowest BCUT2D eigenvalue weighted by Gasteiger charge is -2.21. The first kappa shape index (κ1) is 13.8. The average Bonchev–Trinajstić information content (AvgIpc) is 2.75. The largest absolute Gasteiger partial charge is 0.395 e. The van der Waals surface area contributed by atoms with Crippen molar-refractivity contribution in [2.24, 2.45) is 11.7 Å². The van der Waals surface area contributed by atoms with Crippen LogP contribution in [0.3, 0.4) is 0 Å². The molecule has 0 saturated heterocycles. The number of rotatable bonds is 4. The van der Waals surface area contributed by atoms with Crippen molar-refractivity contribution in [2.75, 3.05) is 6.54 Å². The molecule has 0 radical (unpaired) electrons. The van der Waals surface area contributed by atoms with Gasteiger partial charge in [-0.15, -0.1) is 0 Å². The molecule has 0 bridgehead atoms. The van der Waals surface area contributed by atoms with Crippen molar-refractivity contribution in [3.8, 4) is 0 Å². The summed E-state index contributed by atoms with van der Waals surface area (Å²) in [4.78, 5) is 0. The molecule has 0 saturated carbocycles. The zero-order valence-electron chi connectivity index (χ0n) is 10.5. The molecule has 2 atom stereocenters. The summed E-state index contributed by atoms with van der Waals surface area (Å²) >= 11 is 0. The van der Waals surface area contributed by atoms with E-state index in [1.165, 1.54) is 12.1 Å². The quantitative estimate of drug-likeness (QED) is 0.882. The molecule has 0 spiro atoms. The van der Waals surface area contributed by atoms with E-state index in [9.17, 15) is 13.2 Å². The number of nitrogens with two attached hydrogens (primary N) is 1. The fourth-order valence-corrected chi connectivity index (χ4v) is 2.39. The highest BCUT2D eigenvalue weighted by atomic mass is 19.4. The Labute approximate surface area is 110 Å². The molecule has 1 heterocycles. The van der Waals surface area contributed by atoms with Crippen LogP contribution in [0, 0.1) is 5.92 Å². The van der Waals surface area contributed by atoms with E-state index in [2.05, 4.69) is 5.32 Å². The second-order valence-electron chi connectivity index (χ2n) is 4.85. The van der Waals surface area contributed by atoms with Gasteiger partial charge in [-0.25, -0.2) is 0 Å². The molecule has 1 aliphatic rings. The fourth-order valence-electron chi connectivity index (χ4n) is 2.39.